The van der Waals surface area contributed by atoms with Crippen molar-refractivity contribution in [2.24, 2.45) is 0 Å². The normalized spacial score (nSPS) is 15.6. The Labute approximate surface area is 140 Å². The zero-order chi connectivity index (χ0) is 16.5. The Kier molecular flexibility index (Phi) is 3.55. The number of fused-ring (bicyclic) bond motifs is 1. The fourth-order valence-electron chi connectivity index (χ4n) is 3.53. The summed E-state index contributed by atoms with van der Waals surface area (Å²) in [5.74, 6) is 0.189. The minimum atomic E-state index is -0.121. The lowest BCUT2D eigenvalue weighted by Crippen LogP contribution is -2.30. The highest BCUT2D eigenvalue weighted by molar-refractivity contribution is 5.86. The van der Waals surface area contributed by atoms with Crippen molar-refractivity contribution < 1.29 is 4.79 Å². The van der Waals surface area contributed by atoms with Gasteiger partial charge in [0, 0.05) is 35.6 Å². The number of rotatable bonds is 3. The number of nitrogens with zero attached hydrogens (tertiary/aromatic N) is 2. The molecule has 24 heavy (non-hydrogen) atoms. The number of aromatic amines is 1. The molecule has 2 aromatic carbocycles. The second-order valence-corrected chi connectivity index (χ2v) is 6.12. The molecule has 0 spiro atoms. The molecular weight excluding hydrogens is 298 g/mol. The van der Waals surface area contributed by atoms with E-state index in [-0.39, 0.29) is 11.9 Å². The van der Waals surface area contributed by atoms with Gasteiger partial charge in [0.1, 0.15) is 0 Å². The van der Waals surface area contributed by atoms with Gasteiger partial charge in [-0.2, -0.15) is 5.26 Å². The predicted molar refractivity (Wildman–Crippen MR) is 92.2 cm³/mol. The van der Waals surface area contributed by atoms with Gasteiger partial charge in [0.05, 0.1) is 17.7 Å². The minimum absolute atomic E-state index is 0.121. The summed E-state index contributed by atoms with van der Waals surface area (Å²) in [5.41, 5.74) is 3.83. The van der Waals surface area contributed by atoms with E-state index in [1.807, 2.05) is 53.6 Å². The Morgan fingerprint density at radius 3 is 2.62 bits per heavy atom. The summed E-state index contributed by atoms with van der Waals surface area (Å²) in [7, 11) is 0. The lowest BCUT2D eigenvalue weighted by atomic mass is 9.96. The molecular formula is C20H17N3O. The summed E-state index contributed by atoms with van der Waals surface area (Å²) in [4.78, 5) is 17.7. The summed E-state index contributed by atoms with van der Waals surface area (Å²) in [6.07, 6.45) is 3.50. The van der Waals surface area contributed by atoms with E-state index in [0.29, 0.717) is 12.0 Å². The van der Waals surface area contributed by atoms with Crippen LogP contribution in [0.25, 0.3) is 10.9 Å². The topological polar surface area (TPSA) is 59.9 Å². The molecule has 4 rings (SSSR count). The second kappa shape index (κ2) is 5.86. The molecule has 1 aromatic heterocycles. The van der Waals surface area contributed by atoms with Crippen molar-refractivity contribution in [1.29, 1.82) is 5.26 Å². The van der Waals surface area contributed by atoms with Gasteiger partial charge in [-0.15, -0.1) is 0 Å². The second-order valence-electron chi connectivity index (χ2n) is 6.12. The van der Waals surface area contributed by atoms with E-state index >= 15 is 0 Å². The Bertz CT molecular complexity index is 933. The van der Waals surface area contributed by atoms with Crippen LogP contribution in [0.3, 0.4) is 0 Å². The van der Waals surface area contributed by atoms with Crippen LogP contribution in [-0.4, -0.2) is 22.3 Å². The number of benzene rings is 2. The van der Waals surface area contributed by atoms with Crippen molar-refractivity contribution in [1.82, 2.24) is 9.88 Å². The van der Waals surface area contributed by atoms with Crippen LogP contribution in [0.15, 0.2) is 54.7 Å². The van der Waals surface area contributed by atoms with Crippen LogP contribution < -0.4 is 0 Å². The monoisotopic (exact) mass is 315 g/mol. The summed E-state index contributed by atoms with van der Waals surface area (Å²) < 4.78 is 0. The van der Waals surface area contributed by atoms with Gasteiger partial charge in [-0.25, -0.2) is 0 Å². The Balaban J connectivity index is 1.86. The highest BCUT2D eigenvalue weighted by Gasteiger charge is 2.31. The van der Waals surface area contributed by atoms with Crippen molar-refractivity contribution >= 4 is 16.8 Å². The third-order valence-electron chi connectivity index (χ3n) is 4.69. The zero-order valence-corrected chi connectivity index (χ0v) is 13.2. The largest absolute Gasteiger partial charge is 0.361 e. The maximum Gasteiger partial charge on any atom is 0.223 e. The average Bonchev–Trinajstić information content (AvgIpc) is 3.23. The maximum absolute atomic E-state index is 12.4. The lowest BCUT2D eigenvalue weighted by molar-refractivity contribution is -0.129. The number of hydrogen-bond donors (Lipinski definition) is 1. The number of hydrogen-bond acceptors (Lipinski definition) is 2. The Morgan fingerprint density at radius 2 is 1.92 bits per heavy atom. The summed E-state index contributed by atoms with van der Waals surface area (Å²) in [5, 5.41) is 10.2. The van der Waals surface area contributed by atoms with Crippen LogP contribution >= 0.6 is 0 Å². The lowest BCUT2D eigenvalue weighted by Gasteiger charge is -2.28. The molecule has 1 aliphatic rings. The molecule has 1 aliphatic heterocycles. The van der Waals surface area contributed by atoms with E-state index in [0.717, 1.165) is 35.0 Å². The molecule has 1 N–H and O–H groups in total. The van der Waals surface area contributed by atoms with Crippen LogP contribution in [0.1, 0.15) is 35.6 Å². The first-order chi connectivity index (χ1) is 11.8. The van der Waals surface area contributed by atoms with E-state index in [9.17, 15) is 4.79 Å². The number of carbonyl (C=O) groups is 1. The molecule has 1 atom stereocenters. The highest BCUT2D eigenvalue weighted by Crippen LogP contribution is 2.36. The van der Waals surface area contributed by atoms with Gasteiger partial charge < -0.3 is 9.88 Å². The van der Waals surface area contributed by atoms with Crippen LogP contribution in [0.5, 0.6) is 0 Å². The van der Waals surface area contributed by atoms with Gasteiger partial charge in [0.15, 0.2) is 0 Å². The molecule has 0 aliphatic carbocycles. The maximum atomic E-state index is 12.4. The SMILES string of the molecule is N#Cc1ccc(C(c2c[nH]c3ccccc23)N2CCCC2=O)cc1. The fourth-order valence-corrected chi connectivity index (χ4v) is 3.53. The van der Waals surface area contributed by atoms with Crippen molar-refractivity contribution in [2.75, 3.05) is 6.54 Å². The predicted octanol–water partition coefficient (Wildman–Crippen LogP) is 3.75. The molecule has 0 bridgehead atoms. The number of H-pyrrole nitrogens is 1. The molecule has 4 heteroatoms. The summed E-state index contributed by atoms with van der Waals surface area (Å²) in [6.45, 7) is 0.767. The molecule has 2 heterocycles. The zero-order valence-electron chi connectivity index (χ0n) is 13.2. The van der Waals surface area contributed by atoms with Crippen LogP contribution in [0.4, 0.5) is 0 Å². The Morgan fingerprint density at radius 1 is 1.12 bits per heavy atom. The van der Waals surface area contributed by atoms with Crippen molar-refractivity contribution in [3.63, 3.8) is 0 Å². The van der Waals surface area contributed by atoms with E-state index < -0.39 is 0 Å². The van der Waals surface area contributed by atoms with Crippen LogP contribution in [0, 0.1) is 11.3 Å². The van der Waals surface area contributed by atoms with Crippen molar-refractivity contribution in [2.45, 2.75) is 18.9 Å². The number of amides is 1. The molecule has 0 saturated carbocycles. The molecule has 0 radical (unpaired) electrons. The molecule has 4 nitrogen and oxygen atoms in total. The number of likely N-dealkylation sites (tertiary alicyclic amines) is 1. The first-order valence-corrected chi connectivity index (χ1v) is 8.13. The van der Waals surface area contributed by atoms with Gasteiger partial charge in [0.25, 0.3) is 0 Å². The van der Waals surface area contributed by atoms with E-state index in [1.165, 1.54) is 0 Å². The minimum Gasteiger partial charge on any atom is -0.361 e. The number of nitriles is 1. The van der Waals surface area contributed by atoms with Gasteiger partial charge in [-0.1, -0.05) is 30.3 Å². The van der Waals surface area contributed by atoms with Gasteiger partial charge in [-0.3, -0.25) is 4.79 Å². The molecule has 3 aromatic rings. The molecule has 118 valence electrons. The standard InChI is InChI=1S/C20H17N3O/c21-12-14-7-9-15(10-8-14)20(23-11-3-6-19(23)24)17-13-22-18-5-2-1-4-16(17)18/h1-2,4-5,7-10,13,20,22H,3,6,11H2. The first-order valence-electron chi connectivity index (χ1n) is 8.13. The van der Waals surface area contributed by atoms with Crippen molar-refractivity contribution in [3.8, 4) is 6.07 Å². The van der Waals surface area contributed by atoms with E-state index in [1.54, 1.807) is 0 Å². The average molecular weight is 315 g/mol. The van der Waals surface area contributed by atoms with Gasteiger partial charge in [0.2, 0.25) is 5.91 Å². The van der Waals surface area contributed by atoms with Gasteiger partial charge >= 0.3 is 0 Å². The first kappa shape index (κ1) is 14.5. The Hall–Kier alpha value is -3.06. The third kappa shape index (κ3) is 2.35. The summed E-state index contributed by atoms with van der Waals surface area (Å²) in [6, 6.07) is 17.7. The quantitative estimate of drug-likeness (QED) is 0.800. The third-order valence-corrected chi connectivity index (χ3v) is 4.69. The number of aromatic nitrogens is 1. The summed E-state index contributed by atoms with van der Waals surface area (Å²) >= 11 is 0. The molecule has 1 unspecified atom stereocenters. The number of carbonyl (C=O) groups excluding carboxylic acids is 1. The van der Waals surface area contributed by atoms with Crippen LogP contribution in [-0.2, 0) is 4.79 Å². The highest BCUT2D eigenvalue weighted by atomic mass is 16.2. The molecule has 1 fully saturated rings. The van der Waals surface area contributed by atoms with Crippen molar-refractivity contribution in [3.05, 3.63) is 71.4 Å². The van der Waals surface area contributed by atoms with Crippen LogP contribution in [0.2, 0.25) is 0 Å². The molecule has 1 saturated heterocycles. The van der Waals surface area contributed by atoms with E-state index in [2.05, 4.69) is 17.1 Å². The molecule has 1 amide bonds. The van der Waals surface area contributed by atoms with E-state index in [4.69, 9.17) is 5.26 Å². The number of nitrogens with one attached hydrogen (secondary N) is 1. The van der Waals surface area contributed by atoms with Gasteiger partial charge in [-0.05, 0) is 30.2 Å². The smallest absolute Gasteiger partial charge is 0.223 e. The fraction of sp³-hybridized carbons (Fsp3) is 0.200. The number of para-hydroxylation sites is 1.